The third kappa shape index (κ3) is 2.88. The molecular formula is C12H10FN3. The van der Waals surface area contributed by atoms with Crippen molar-refractivity contribution in [3.8, 4) is 0 Å². The minimum Gasteiger partial charge on any atom is -0.278 e. The fraction of sp³-hybridized carbons (Fsp3) is 0. The standard InChI is InChI=1S/C12H10FN3/c13-11-2-1-3-12(8-11)16-15-9-10-4-6-14-7-5-10/h1-9,16H/b15-9+. The van der Waals surface area contributed by atoms with Gasteiger partial charge in [0.05, 0.1) is 11.9 Å². The van der Waals surface area contributed by atoms with Crippen molar-refractivity contribution in [3.05, 3.63) is 60.2 Å². The number of hydrazone groups is 1. The summed E-state index contributed by atoms with van der Waals surface area (Å²) in [5.41, 5.74) is 4.29. The molecule has 16 heavy (non-hydrogen) atoms. The topological polar surface area (TPSA) is 37.3 Å². The van der Waals surface area contributed by atoms with Gasteiger partial charge in [0, 0.05) is 12.4 Å². The van der Waals surface area contributed by atoms with E-state index in [1.807, 2.05) is 12.1 Å². The van der Waals surface area contributed by atoms with E-state index in [0.29, 0.717) is 5.69 Å². The van der Waals surface area contributed by atoms with Crippen molar-refractivity contribution in [2.24, 2.45) is 5.10 Å². The summed E-state index contributed by atoms with van der Waals surface area (Å²) in [7, 11) is 0. The highest BCUT2D eigenvalue weighted by Crippen LogP contribution is 2.08. The number of hydrogen-bond acceptors (Lipinski definition) is 3. The van der Waals surface area contributed by atoms with E-state index in [9.17, 15) is 4.39 Å². The number of nitrogens with one attached hydrogen (secondary N) is 1. The van der Waals surface area contributed by atoms with Crippen LogP contribution >= 0.6 is 0 Å². The van der Waals surface area contributed by atoms with E-state index >= 15 is 0 Å². The smallest absolute Gasteiger partial charge is 0.125 e. The fourth-order valence-electron chi connectivity index (χ4n) is 1.19. The molecule has 0 bridgehead atoms. The molecule has 0 aliphatic heterocycles. The van der Waals surface area contributed by atoms with Crippen molar-refractivity contribution in [1.82, 2.24) is 4.98 Å². The summed E-state index contributed by atoms with van der Waals surface area (Å²) in [5.74, 6) is -0.288. The molecule has 0 atom stereocenters. The molecular weight excluding hydrogens is 205 g/mol. The van der Waals surface area contributed by atoms with Gasteiger partial charge in [0.1, 0.15) is 5.82 Å². The van der Waals surface area contributed by atoms with E-state index in [-0.39, 0.29) is 5.82 Å². The first-order valence-corrected chi connectivity index (χ1v) is 4.79. The molecule has 80 valence electrons. The second kappa shape index (κ2) is 5.02. The maximum absolute atomic E-state index is 12.8. The zero-order valence-corrected chi connectivity index (χ0v) is 8.47. The lowest BCUT2D eigenvalue weighted by Gasteiger charge is -1.99. The van der Waals surface area contributed by atoms with Crippen LogP contribution in [0.3, 0.4) is 0 Å². The van der Waals surface area contributed by atoms with Crippen LogP contribution in [0.4, 0.5) is 10.1 Å². The van der Waals surface area contributed by atoms with Crippen LogP contribution in [0, 0.1) is 5.82 Å². The summed E-state index contributed by atoms with van der Waals surface area (Å²) >= 11 is 0. The summed E-state index contributed by atoms with van der Waals surface area (Å²) < 4.78 is 12.8. The van der Waals surface area contributed by atoms with Gasteiger partial charge in [0.2, 0.25) is 0 Å². The van der Waals surface area contributed by atoms with Gasteiger partial charge in [0.25, 0.3) is 0 Å². The highest BCUT2D eigenvalue weighted by atomic mass is 19.1. The van der Waals surface area contributed by atoms with Crippen LogP contribution in [0.5, 0.6) is 0 Å². The van der Waals surface area contributed by atoms with Gasteiger partial charge in [-0.15, -0.1) is 0 Å². The Bertz CT molecular complexity index is 483. The lowest BCUT2D eigenvalue weighted by Crippen LogP contribution is -1.91. The highest BCUT2D eigenvalue weighted by Gasteiger charge is 1.91. The van der Waals surface area contributed by atoms with Gasteiger partial charge >= 0.3 is 0 Å². The van der Waals surface area contributed by atoms with Crippen LogP contribution in [0.2, 0.25) is 0 Å². The number of hydrogen-bond donors (Lipinski definition) is 1. The average Bonchev–Trinajstić information content (AvgIpc) is 2.30. The Hall–Kier alpha value is -2.23. The predicted molar refractivity (Wildman–Crippen MR) is 61.9 cm³/mol. The Balaban J connectivity index is 2.00. The number of halogens is 1. The average molecular weight is 215 g/mol. The van der Waals surface area contributed by atoms with Gasteiger partial charge in [-0.25, -0.2) is 4.39 Å². The van der Waals surface area contributed by atoms with Gasteiger partial charge < -0.3 is 0 Å². The lowest BCUT2D eigenvalue weighted by atomic mass is 10.3. The fourth-order valence-corrected chi connectivity index (χ4v) is 1.19. The quantitative estimate of drug-likeness (QED) is 0.631. The summed E-state index contributed by atoms with van der Waals surface area (Å²) in [4.78, 5) is 3.89. The number of benzene rings is 1. The summed E-state index contributed by atoms with van der Waals surface area (Å²) in [5, 5.41) is 3.98. The molecule has 0 unspecified atom stereocenters. The summed E-state index contributed by atoms with van der Waals surface area (Å²) in [6.07, 6.45) is 5.01. The molecule has 0 fully saturated rings. The van der Waals surface area contributed by atoms with Crippen LogP contribution in [0.1, 0.15) is 5.56 Å². The third-order valence-corrected chi connectivity index (χ3v) is 1.94. The molecule has 3 nitrogen and oxygen atoms in total. The minimum atomic E-state index is -0.288. The zero-order valence-electron chi connectivity index (χ0n) is 8.47. The number of aromatic nitrogens is 1. The molecule has 4 heteroatoms. The van der Waals surface area contributed by atoms with Crippen molar-refractivity contribution in [2.75, 3.05) is 5.43 Å². The predicted octanol–water partition coefficient (Wildman–Crippen LogP) is 2.67. The molecule has 0 spiro atoms. The van der Waals surface area contributed by atoms with Crippen molar-refractivity contribution in [1.29, 1.82) is 0 Å². The molecule has 0 amide bonds. The second-order valence-electron chi connectivity index (χ2n) is 3.16. The molecule has 0 aliphatic carbocycles. The maximum atomic E-state index is 12.8. The SMILES string of the molecule is Fc1cccc(N/N=C/c2ccncc2)c1. The van der Waals surface area contributed by atoms with E-state index in [1.165, 1.54) is 12.1 Å². The van der Waals surface area contributed by atoms with Crippen LogP contribution in [-0.4, -0.2) is 11.2 Å². The van der Waals surface area contributed by atoms with Crippen molar-refractivity contribution in [2.45, 2.75) is 0 Å². The molecule has 0 aliphatic rings. The maximum Gasteiger partial charge on any atom is 0.125 e. The first-order chi connectivity index (χ1) is 7.84. The van der Waals surface area contributed by atoms with Gasteiger partial charge in [-0.3, -0.25) is 10.4 Å². The zero-order chi connectivity index (χ0) is 11.2. The molecule has 0 saturated carbocycles. The van der Waals surface area contributed by atoms with E-state index in [2.05, 4.69) is 15.5 Å². The first-order valence-electron chi connectivity index (χ1n) is 4.79. The lowest BCUT2D eigenvalue weighted by molar-refractivity contribution is 0.628. The highest BCUT2D eigenvalue weighted by molar-refractivity contribution is 5.79. The number of nitrogens with zero attached hydrogens (tertiary/aromatic N) is 2. The van der Waals surface area contributed by atoms with E-state index < -0.39 is 0 Å². The van der Waals surface area contributed by atoms with Gasteiger partial charge in [-0.05, 0) is 35.9 Å². The van der Waals surface area contributed by atoms with E-state index in [4.69, 9.17) is 0 Å². The van der Waals surface area contributed by atoms with Crippen LogP contribution in [0.25, 0.3) is 0 Å². The van der Waals surface area contributed by atoms with Gasteiger partial charge in [-0.1, -0.05) is 6.07 Å². The first kappa shape index (κ1) is 10.3. The second-order valence-corrected chi connectivity index (χ2v) is 3.16. The van der Waals surface area contributed by atoms with Gasteiger partial charge in [-0.2, -0.15) is 5.10 Å². The van der Waals surface area contributed by atoms with Crippen molar-refractivity contribution >= 4 is 11.9 Å². The Kier molecular flexibility index (Phi) is 3.23. The third-order valence-electron chi connectivity index (χ3n) is 1.94. The molecule has 2 rings (SSSR count). The van der Waals surface area contributed by atoms with Crippen LogP contribution < -0.4 is 5.43 Å². The van der Waals surface area contributed by atoms with Crippen LogP contribution in [-0.2, 0) is 0 Å². The van der Waals surface area contributed by atoms with E-state index in [0.717, 1.165) is 5.56 Å². The monoisotopic (exact) mass is 215 g/mol. The van der Waals surface area contributed by atoms with Gasteiger partial charge in [0.15, 0.2) is 0 Å². The molecule has 2 aromatic rings. The Morgan fingerprint density at radius 2 is 2.00 bits per heavy atom. The van der Waals surface area contributed by atoms with E-state index in [1.54, 1.807) is 30.7 Å². The normalized spacial score (nSPS) is 10.6. The largest absolute Gasteiger partial charge is 0.278 e. The van der Waals surface area contributed by atoms with Crippen LogP contribution in [0.15, 0.2) is 53.9 Å². The number of rotatable bonds is 3. The molecule has 1 heterocycles. The molecule has 0 radical (unpaired) electrons. The summed E-state index contributed by atoms with van der Waals surface area (Å²) in [6, 6.07) is 9.79. The minimum absolute atomic E-state index is 0.288. The summed E-state index contributed by atoms with van der Waals surface area (Å²) in [6.45, 7) is 0. The molecule has 1 aromatic carbocycles. The Labute approximate surface area is 92.7 Å². The number of pyridine rings is 1. The Morgan fingerprint density at radius 3 is 2.75 bits per heavy atom. The molecule has 1 N–H and O–H groups in total. The Morgan fingerprint density at radius 1 is 1.19 bits per heavy atom. The molecule has 1 aromatic heterocycles. The van der Waals surface area contributed by atoms with Crippen molar-refractivity contribution in [3.63, 3.8) is 0 Å². The molecule has 0 saturated heterocycles. The van der Waals surface area contributed by atoms with Crippen molar-refractivity contribution < 1.29 is 4.39 Å². The number of anilines is 1.